The van der Waals surface area contributed by atoms with Crippen molar-refractivity contribution >= 4 is 17.9 Å². The van der Waals surface area contributed by atoms with Gasteiger partial charge in [0, 0.05) is 0 Å². The van der Waals surface area contributed by atoms with Crippen molar-refractivity contribution < 1.29 is 23.5 Å². The van der Waals surface area contributed by atoms with Gasteiger partial charge in [0.2, 0.25) is 0 Å². The molecule has 2 aromatic carbocycles. The fourth-order valence-electron chi connectivity index (χ4n) is 2.69. The number of rotatable bonds is 7. The molecule has 0 saturated carbocycles. The van der Waals surface area contributed by atoms with Gasteiger partial charge in [-0.05, 0) is 35.7 Å². The van der Waals surface area contributed by atoms with Gasteiger partial charge in [0.25, 0.3) is 5.91 Å². The Morgan fingerprint density at radius 1 is 0.897 bits per heavy atom. The zero-order valence-corrected chi connectivity index (χ0v) is 15.6. The van der Waals surface area contributed by atoms with Gasteiger partial charge in [-0.1, -0.05) is 48.5 Å². The van der Waals surface area contributed by atoms with Crippen LogP contribution in [-0.4, -0.2) is 24.5 Å². The maximum absolute atomic E-state index is 12.4. The predicted octanol–water partition coefficient (Wildman–Crippen LogP) is 3.05. The molecule has 0 aliphatic rings. The van der Waals surface area contributed by atoms with E-state index in [0.29, 0.717) is 17.7 Å². The molecule has 2 N–H and O–H groups in total. The Balaban J connectivity index is 1.50. The van der Waals surface area contributed by atoms with Crippen LogP contribution in [0, 0.1) is 0 Å². The summed E-state index contributed by atoms with van der Waals surface area (Å²) in [5, 5.41) is 4.56. The van der Waals surface area contributed by atoms with E-state index in [2.05, 4.69) is 10.6 Å². The third kappa shape index (κ3) is 6.07. The third-order valence-corrected chi connectivity index (χ3v) is 4.07. The second kappa shape index (κ2) is 9.89. The topological polar surface area (TPSA) is 97.6 Å². The van der Waals surface area contributed by atoms with Crippen molar-refractivity contribution in [3.8, 4) is 0 Å². The summed E-state index contributed by atoms with van der Waals surface area (Å²) in [6.07, 6.45) is 2.04. The average molecular weight is 392 g/mol. The second-order valence-corrected chi connectivity index (χ2v) is 6.21. The van der Waals surface area contributed by atoms with Crippen molar-refractivity contribution in [1.29, 1.82) is 0 Å². The van der Waals surface area contributed by atoms with Crippen LogP contribution in [0.5, 0.6) is 0 Å². The molecule has 7 heteroatoms. The van der Waals surface area contributed by atoms with E-state index in [0.717, 1.165) is 11.1 Å². The van der Waals surface area contributed by atoms with E-state index >= 15 is 0 Å². The smallest absolute Gasteiger partial charge is 0.338 e. The lowest BCUT2D eigenvalue weighted by atomic mass is 10.00. The monoisotopic (exact) mass is 392 g/mol. The number of imide groups is 1. The number of esters is 1. The first-order chi connectivity index (χ1) is 14.1. The van der Waals surface area contributed by atoms with E-state index < -0.39 is 24.5 Å². The van der Waals surface area contributed by atoms with Gasteiger partial charge in [-0.3, -0.25) is 10.1 Å². The SMILES string of the molecule is O=C(COC(=O)c1ccccc1Cc1ccccc1)NC(=O)NCc1ccco1. The first kappa shape index (κ1) is 19.9. The summed E-state index contributed by atoms with van der Waals surface area (Å²) in [5.74, 6) is -0.799. The van der Waals surface area contributed by atoms with Crippen molar-refractivity contribution in [2.75, 3.05) is 6.61 Å². The quantitative estimate of drug-likeness (QED) is 0.602. The third-order valence-electron chi connectivity index (χ3n) is 4.07. The summed E-state index contributed by atoms with van der Waals surface area (Å²) in [5.41, 5.74) is 2.23. The lowest BCUT2D eigenvalue weighted by Gasteiger charge is -2.10. The Kier molecular flexibility index (Phi) is 6.78. The molecule has 148 valence electrons. The molecule has 1 heterocycles. The average Bonchev–Trinajstić information content (AvgIpc) is 3.25. The minimum absolute atomic E-state index is 0.138. The van der Waals surface area contributed by atoms with Gasteiger partial charge >= 0.3 is 12.0 Å². The summed E-state index contributed by atoms with van der Waals surface area (Å²) in [4.78, 5) is 36.0. The van der Waals surface area contributed by atoms with Crippen molar-refractivity contribution in [3.05, 3.63) is 95.4 Å². The molecule has 3 amide bonds. The zero-order chi connectivity index (χ0) is 20.5. The Bertz CT molecular complexity index is 968. The van der Waals surface area contributed by atoms with Crippen LogP contribution < -0.4 is 10.6 Å². The molecule has 1 aromatic heterocycles. The van der Waals surface area contributed by atoms with Crippen molar-refractivity contribution in [2.24, 2.45) is 0 Å². The number of benzene rings is 2. The highest BCUT2D eigenvalue weighted by Crippen LogP contribution is 2.15. The van der Waals surface area contributed by atoms with E-state index in [1.165, 1.54) is 6.26 Å². The molecule has 0 bridgehead atoms. The second-order valence-electron chi connectivity index (χ2n) is 6.21. The van der Waals surface area contributed by atoms with Gasteiger partial charge in [-0.15, -0.1) is 0 Å². The lowest BCUT2D eigenvalue weighted by Crippen LogP contribution is -2.41. The van der Waals surface area contributed by atoms with Crippen LogP contribution in [0.1, 0.15) is 27.2 Å². The molecular formula is C22H20N2O5. The van der Waals surface area contributed by atoms with Crippen LogP contribution in [0.4, 0.5) is 4.79 Å². The first-order valence-corrected chi connectivity index (χ1v) is 9.01. The number of furan rings is 1. The van der Waals surface area contributed by atoms with Crippen molar-refractivity contribution in [1.82, 2.24) is 10.6 Å². The number of urea groups is 1. The van der Waals surface area contributed by atoms with Crippen LogP contribution in [-0.2, 0) is 22.5 Å². The number of hydrogen-bond donors (Lipinski definition) is 2. The van der Waals surface area contributed by atoms with Crippen LogP contribution >= 0.6 is 0 Å². The normalized spacial score (nSPS) is 10.2. The molecule has 0 atom stereocenters. The summed E-state index contributed by atoms with van der Waals surface area (Å²) in [6, 6.07) is 19.5. The minimum atomic E-state index is -0.726. The molecule has 0 spiro atoms. The highest BCUT2D eigenvalue weighted by molar-refractivity contribution is 5.97. The van der Waals surface area contributed by atoms with Crippen LogP contribution in [0.2, 0.25) is 0 Å². The van der Waals surface area contributed by atoms with Crippen LogP contribution in [0.25, 0.3) is 0 Å². The summed E-state index contributed by atoms with van der Waals surface area (Å²) >= 11 is 0. The molecule has 29 heavy (non-hydrogen) atoms. The van der Waals surface area contributed by atoms with Crippen molar-refractivity contribution in [3.63, 3.8) is 0 Å². The van der Waals surface area contributed by atoms with Crippen LogP contribution in [0.3, 0.4) is 0 Å². The standard InChI is InChI=1S/C22H20N2O5/c25-20(24-22(27)23-14-18-10-6-12-28-18)15-29-21(26)19-11-5-4-9-17(19)13-16-7-2-1-3-8-16/h1-12H,13-15H2,(H2,23,24,25,27). The summed E-state index contributed by atoms with van der Waals surface area (Å²) in [6.45, 7) is -0.425. The molecule has 0 aliphatic carbocycles. The van der Waals surface area contributed by atoms with Gasteiger partial charge in [-0.2, -0.15) is 0 Å². The Morgan fingerprint density at radius 2 is 1.66 bits per heavy atom. The fraction of sp³-hybridized carbons (Fsp3) is 0.136. The maximum Gasteiger partial charge on any atom is 0.338 e. The van der Waals surface area contributed by atoms with Gasteiger partial charge in [0.1, 0.15) is 5.76 Å². The van der Waals surface area contributed by atoms with Gasteiger partial charge < -0.3 is 14.5 Å². The molecule has 0 fully saturated rings. The minimum Gasteiger partial charge on any atom is -0.467 e. The van der Waals surface area contributed by atoms with Gasteiger partial charge in [-0.25, -0.2) is 9.59 Å². The van der Waals surface area contributed by atoms with E-state index in [-0.39, 0.29) is 6.54 Å². The number of ether oxygens (including phenoxy) is 1. The Labute approximate surface area is 167 Å². The number of carbonyl (C=O) groups is 3. The lowest BCUT2D eigenvalue weighted by molar-refractivity contribution is -0.123. The number of nitrogens with one attached hydrogen (secondary N) is 2. The highest BCUT2D eigenvalue weighted by Gasteiger charge is 2.15. The number of hydrogen-bond acceptors (Lipinski definition) is 5. The van der Waals surface area contributed by atoms with Gasteiger partial charge in [0.05, 0.1) is 18.4 Å². The molecule has 0 unspecified atom stereocenters. The maximum atomic E-state index is 12.4. The molecule has 0 radical (unpaired) electrons. The Hall–Kier alpha value is -3.87. The van der Waals surface area contributed by atoms with Crippen molar-refractivity contribution in [2.45, 2.75) is 13.0 Å². The molecule has 0 aliphatic heterocycles. The van der Waals surface area contributed by atoms with E-state index in [1.807, 2.05) is 42.5 Å². The van der Waals surface area contributed by atoms with E-state index in [1.54, 1.807) is 24.3 Å². The Morgan fingerprint density at radius 3 is 2.41 bits per heavy atom. The van der Waals surface area contributed by atoms with Crippen LogP contribution in [0.15, 0.2) is 77.4 Å². The predicted molar refractivity (Wildman–Crippen MR) is 105 cm³/mol. The first-order valence-electron chi connectivity index (χ1n) is 9.01. The molecule has 0 saturated heterocycles. The summed E-state index contributed by atoms with van der Waals surface area (Å²) in [7, 11) is 0. The molecular weight excluding hydrogens is 372 g/mol. The molecule has 3 rings (SSSR count). The largest absolute Gasteiger partial charge is 0.467 e. The van der Waals surface area contributed by atoms with E-state index in [4.69, 9.17) is 9.15 Å². The number of carbonyl (C=O) groups excluding carboxylic acids is 3. The number of amides is 3. The highest BCUT2D eigenvalue weighted by atomic mass is 16.5. The fourth-order valence-corrected chi connectivity index (χ4v) is 2.69. The molecule has 7 nitrogen and oxygen atoms in total. The zero-order valence-electron chi connectivity index (χ0n) is 15.6. The van der Waals surface area contributed by atoms with Gasteiger partial charge in [0.15, 0.2) is 6.61 Å². The molecule has 3 aromatic rings. The summed E-state index contributed by atoms with van der Waals surface area (Å²) < 4.78 is 10.1. The van der Waals surface area contributed by atoms with E-state index in [9.17, 15) is 14.4 Å².